The molecular weight excluding hydrogens is 1100 g/mol. The molecule has 82 heavy (non-hydrogen) atoms. The van der Waals surface area contributed by atoms with Crippen LogP contribution in [-0.2, 0) is 37.1 Å². The molecule has 4 aliphatic carbocycles. The predicted molar refractivity (Wildman–Crippen MR) is 277 cm³/mol. The van der Waals surface area contributed by atoms with E-state index in [0.717, 1.165) is 81.2 Å². The Kier molecular flexibility index (Phi) is 20.5. The second-order valence-corrected chi connectivity index (χ2v) is 21.1. The molecule has 0 aromatic heterocycles. The van der Waals surface area contributed by atoms with E-state index in [1.165, 1.54) is 24.3 Å². The fourth-order valence-electron chi connectivity index (χ4n) is 12.4. The van der Waals surface area contributed by atoms with Gasteiger partial charge in [-0.2, -0.15) is 0 Å². The number of halogens is 6. The number of nitrogens with zero attached hydrogens (tertiary/aromatic N) is 4. The van der Waals surface area contributed by atoms with Gasteiger partial charge in [-0.3, -0.25) is 28.8 Å². The van der Waals surface area contributed by atoms with Crippen molar-refractivity contribution in [3.05, 3.63) is 118 Å². The minimum Gasteiger partial charge on any atom is -0.870 e. The van der Waals surface area contributed by atoms with Gasteiger partial charge in [-0.05, 0) is 153 Å². The van der Waals surface area contributed by atoms with Crippen LogP contribution >= 0.6 is 0 Å². The number of aliphatic hydroxyl groups excluding tert-OH is 2. The second-order valence-electron chi connectivity index (χ2n) is 21.1. The number of aliphatic carboxylic acids is 1. The van der Waals surface area contributed by atoms with E-state index in [1.54, 1.807) is 47.1 Å². The van der Waals surface area contributed by atoms with Gasteiger partial charge in [-0.15, -0.1) is 26.3 Å². The summed E-state index contributed by atoms with van der Waals surface area (Å²) in [7, 11) is 0. The van der Waals surface area contributed by atoms with Crippen molar-refractivity contribution >= 4 is 46.9 Å². The van der Waals surface area contributed by atoms with Gasteiger partial charge in [-0.25, -0.2) is 0 Å². The number of carbonyl (C=O) groups is 6. The Balaban J connectivity index is 0.000000231. The quantitative estimate of drug-likeness (QED) is 0.0555. The standard InChI is InChI=1S/C30H33F3N2O6.C28H29F3N2O6.Na.H2O/c1-2-40-27(38)15-14-26(37)34(20-9-10-20)28-22-4-3-5-24(22)35(25-13-6-18(17-36)16-23(25)28)29(39)19-7-11-21(12-8-19)41-30(31,32)33;29-28(30,31)39-19-9-5-17(6-10-19)27(38)33-22-3-1-2-20(22)26(21-14-16(15-34)4-11-23(21)33)32(18-7-8-18)24(35)12-13-25(36)37;;/h6-8,11-13,16,20,22,24,28,36H,2-5,9-10,14-15,17H2,1H3;4-6,9-11,14,18,20,22,26,34H,1-3,7-8,12-13,15H2,(H,36,37);;1H2/q;;+1;/p-1. The molecule has 4 aromatic rings. The molecule has 0 radical (unpaired) electrons. The number of fused-ring (bicyclic) bond motifs is 4. The molecule has 4 N–H and O–H groups in total. The largest absolute Gasteiger partial charge is 1.00 e. The maximum Gasteiger partial charge on any atom is 1.00 e. The number of carbonyl (C=O) groups excluding carboxylic acids is 5. The fraction of sp³-hybridized carbons (Fsp3) is 0.483. The number of carboxylic acids is 1. The summed E-state index contributed by atoms with van der Waals surface area (Å²) in [5.41, 5.74) is 4.32. The summed E-state index contributed by atoms with van der Waals surface area (Å²) in [6, 6.07) is 19.1. The van der Waals surface area contributed by atoms with Gasteiger partial charge >= 0.3 is 54.2 Å². The van der Waals surface area contributed by atoms with Crippen molar-refractivity contribution in [1.82, 2.24) is 9.80 Å². The topological polar surface area (TPSA) is 234 Å². The number of ether oxygens (including phenoxy) is 3. The Morgan fingerprint density at radius 2 is 0.951 bits per heavy atom. The average Bonchev–Trinajstić information content (AvgIpc) is 3.68. The number of rotatable bonds is 17. The summed E-state index contributed by atoms with van der Waals surface area (Å²) >= 11 is 0. The molecule has 0 spiro atoms. The minimum atomic E-state index is -4.84. The minimum absolute atomic E-state index is 0. The molecule has 4 aromatic carbocycles. The molecule has 2 aliphatic heterocycles. The molecule has 10 rings (SSSR count). The maximum absolute atomic E-state index is 13.9. The van der Waals surface area contributed by atoms with Gasteiger partial charge in [0.15, 0.2) is 0 Å². The van der Waals surface area contributed by atoms with E-state index in [-0.39, 0.29) is 163 Å². The van der Waals surface area contributed by atoms with Crippen molar-refractivity contribution in [2.24, 2.45) is 11.8 Å². The number of esters is 1. The first-order valence-corrected chi connectivity index (χ1v) is 27.0. The van der Waals surface area contributed by atoms with Crippen LogP contribution in [0.3, 0.4) is 0 Å². The number of benzene rings is 4. The average molecular weight is 1160 g/mol. The molecule has 4 amide bonds. The molecule has 0 saturated heterocycles. The Bertz CT molecular complexity index is 2960. The van der Waals surface area contributed by atoms with Gasteiger partial charge in [0.25, 0.3) is 11.8 Å². The third kappa shape index (κ3) is 14.4. The van der Waals surface area contributed by atoms with Crippen LogP contribution in [0, 0.1) is 11.8 Å². The number of carboxylic acid groups (broad SMARTS) is 1. The molecular formula is C58H63F6N4NaO13. The number of anilines is 2. The van der Waals surface area contributed by atoms with Gasteiger partial charge in [0.05, 0.1) is 44.7 Å². The summed E-state index contributed by atoms with van der Waals surface area (Å²) in [5.74, 6) is -3.63. The van der Waals surface area contributed by atoms with Crippen molar-refractivity contribution in [3.8, 4) is 11.5 Å². The third-order valence-electron chi connectivity index (χ3n) is 15.8. The first-order chi connectivity index (χ1) is 38.2. The zero-order chi connectivity index (χ0) is 57.2. The third-order valence-corrected chi connectivity index (χ3v) is 15.8. The molecule has 6 atom stereocenters. The molecule has 6 unspecified atom stereocenters. The van der Waals surface area contributed by atoms with Crippen molar-refractivity contribution in [1.29, 1.82) is 0 Å². The molecule has 4 fully saturated rings. The van der Waals surface area contributed by atoms with Crippen LogP contribution in [0.4, 0.5) is 37.7 Å². The SMILES string of the molecule is CCOC(=O)CCC(=O)N(C1CC1)C1c2cc(CO)ccc2N(C(=O)c2ccc(OC(F)(F)F)cc2)C2CCCC21.O=C(O)CCC(=O)N(C1CC1)C1c2cc(CO)ccc2N(C(=O)c2ccc(OC(F)(F)F)cc2)C2CCCC21.[Na+].[OH-]. The summed E-state index contributed by atoms with van der Waals surface area (Å²) in [6.07, 6.45) is -2.17. The Morgan fingerprint density at radius 1 is 0.561 bits per heavy atom. The van der Waals surface area contributed by atoms with Crippen LogP contribution in [0.25, 0.3) is 0 Å². The van der Waals surface area contributed by atoms with Crippen molar-refractivity contribution in [2.75, 3.05) is 16.4 Å². The zero-order valence-corrected chi connectivity index (χ0v) is 47.2. The molecule has 17 nitrogen and oxygen atoms in total. The number of aliphatic hydroxyl groups is 2. The molecule has 436 valence electrons. The fourth-order valence-corrected chi connectivity index (χ4v) is 12.4. The van der Waals surface area contributed by atoms with Crippen LogP contribution in [0.2, 0.25) is 0 Å². The van der Waals surface area contributed by atoms with Crippen molar-refractivity contribution < 1.29 is 120 Å². The number of hydrogen-bond acceptors (Lipinski definition) is 12. The van der Waals surface area contributed by atoms with Gasteiger partial charge in [0, 0.05) is 71.3 Å². The molecule has 2 heterocycles. The van der Waals surface area contributed by atoms with Crippen LogP contribution in [0.15, 0.2) is 84.9 Å². The Morgan fingerprint density at radius 3 is 1.29 bits per heavy atom. The smallest absolute Gasteiger partial charge is 0.870 e. The maximum atomic E-state index is 13.9. The number of alkyl halides is 6. The predicted octanol–water partition coefficient (Wildman–Crippen LogP) is 6.91. The Labute approximate surface area is 491 Å². The van der Waals surface area contributed by atoms with Crippen molar-refractivity contribution in [2.45, 2.75) is 159 Å². The zero-order valence-electron chi connectivity index (χ0n) is 45.2. The van der Waals surface area contributed by atoms with Gasteiger partial charge in [0.1, 0.15) is 11.5 Å². The van der Waals surface area contributed by atoms with Crippen LogP contribution < -0.4 is 48.8 Å². The van der Waals surface area contributed by atoms with Gasteiger partial charge in [-0.1, -0.05) is 25.0 Å². The summed E-state index contributed by atoms with van der Waals surface area (Å²) in [4.78, 5) is 85.1. The molecule has 6 aliphatic rings. The number of hydrogen-bond donors (Lipinski definition) is 3. The molecule has 24 heteroatoms. The van der Waals surface area contributed by atoms with E-state index in [4.69, 9.17) is 9.84 Å². The summed E-state index contributed by atoms with van der Waals surface area (Å²) < 4.78 is 88.6. The molecule has 0 bridgehead atoms. The van der Waals surface area contributed by atoms with Crippen LogP contribution in [0.5, 0.6) is 11.5 Å². The van der Waals surface area contributed by atoms with E-state index in [9.17, 15) is 65.3 Å². The first-order valence-electron chi connectivity index (χ1n) is 27.0. The van der Waals surface area contributed by atoms with E-state index >= 15 is 0 Å². The monoisotopic (exact) mass is 1160 g/mol. The van der Waals surface area contributed by atoms with Crippen LogP contribution in [0.1, 0.15) is 152 Å². The van der Waals surface area contributed by atoms with Gasteiger partial charge < -0.3 is 54.6 Å². The summed E-state index contributed by atoms with van der Waals surface area (Å²) in [5, 5.41) is 29.0. The summed E-state index contributed by atoms with van der Waals surface area (Å²) in [6.45, 7) is 1.50. The number of amides is 4. The van der Waals surface area contributed by atoms with Crippen LogP contribution in [-0.4, -0.2) is 110 Å². The normalized spacial score (nSPS) is 21.3. The van der Waals surface area contributed by atoms with E-state index in [1.807, 2.05) is 15.9 Å². The second kappa shape index (κ2) is 26.6. The Hall–Kier alpha value is -6.24. The van der Waals surface area contributed by atoms with E-state index in [2.05, 4.69) is 9.47 Å². The van der Waals surface area contributed by atoms with Gasteiger partial charge in [0.2, 0.25) is 11.8 Å². The molecule has 4 saturated carbocycles. The van der Waals surface area contributed by atoms with E-state index < -0.39 is 36.2 Å². The first kappa shape index (κ1) is 63.3. The van der Waals surface area contributed by atoms with E-state index in [0.29, 0.717) is 40.9 Å². The van der Waals surface area contributed by atoms with Crippen molar-refractivity contribution in [3.63, 3.8) is 0 Å².